The van der Waals surface area contributed by atoms with Crippen LogP contribution in [0.5, 0.6) is 0 Å². The lowest BCUT2D eigenvalue weighted by Gasteiger charge is -2.40. The molecule has 2 aliphatic rings. The quantitative estimate of drug-likeness (QED) is 0.867. The van der Waals surface area contributed by atoms with Gasteiger partial charge in [-0.05, 0) is 37.1 Å². The summed E-state index contributed by atoms with van der Waals surface area (Å²) in [6.45, 7) is 3.91. The number of aromatic nitrogens is 2. The minimum Gasteiger partial charge on any atom is -0.378 e. The van der Waals surface area contributed by atoms with Crippen LogP contribution in [0.1, 0.15) is 53.1 Å². The fourth-order valence-electron chi connectivity index (χ4n) is 4.68. The molecule has 1 aromatic carbocycles. The molecule has 6 nitrogen and oxygen atoms in total. The van der Waals surface area contributed by atoms with Crippen molar-refractivity contribution in [3.8, 4) is 0 Å². The van der Waals surface area contributed by atoms with Crippen molar-refractivity contribution in [3.63, 3.8) is 0 Å². The number of nitrogens with zero attached hydrogens (tertiary/aromatic N) is 2. The Morgan fingerprint density at radius 2 is 1.96 bits per heavy atom. The van der Waals surface area contributed by atoms with Crippen molar-refractivity contribution in [2.24, 2.45) is 0 Å². The molecule has 2 atom stereocenters. The van der Waals surface area contributed by atoms with Crippen LogP contribution in [-0.2, 0) is 16.6 Å². The summed E-state index contributed by atoms with van der Waals surface area (Å²) < 4.78 is 6.00. The third-order valence-corrected chi connectivity index (χ3v) is 6.00. The van der Waals surface area contributed by atoms with Crippen molar-refractivity contribution >= 4 is 5.91 Å². The van der Waals surface area contributed by atoms with Crippen molar-refractivity contribution in [2.75, 3.05) is 20.2 Å². The first-order valence-electron chi connectivity index (χ1n) is 9.64. The first kappa shape index (κ1) is 18.1. The van der Waals surface area contributed by atoms with Crippen LogP contribution < -0.4 is 10.6 Å². The van der Waals surface area contributed by atoms with Gasteiger partial charge in [-0.1, -0.05) is 31.2 Å². The Labute approximate surface area is 159 Å². The van der Waals surface area contributed by atoms with Crippen molar-refractivity contribution in [2.45, 2.75) is 43.7 Å². The van der Waals surface area contributed by atoms with Gasteiger partial charge in [-0.15, -0.1) is 0 Å². The topological polar surface area (TPSA) is 76.1 Å². The van der Waals surface area contributed by atoms with Crippen LogP contribution in [0.2, 0.25) is 0 Å². The lowest BCUT2D eigenvalue weighted by Crippen LogP contribution is -2.49. The molecular weight excluding hydrogens is 340 g/mol. The lowest BCUT2D eigenvalue weighted by molar-refractivity contribution is 0.00396. The van der Waals surface area contributed by atoms with Gasteiger partial charge < -0.3 is 15.4 Å². The van der Waals surface area contributed by atoms with Crippen LogP contribution in [0.3, 0.4) is 0 Å². The SMILES string of the molecule is CCc1ncc(C(=O)N[C@@H]2c3ccccc3C3(CCNCC3)[C@H]2OC)cn1. The van der Waals surface area contributed by atoms with Crippen LogP contribution >= 0.6 is 0 Å². The zero-order valence-electron chi connectivity index (χ0n) is 15.9. The fourth-order valence-corrected chi connectivity index (χ4v) is 4.68. The van der Waals surface area contributed by atoms with Gasteiger partial charge in [0.25, 0.3) is 5.91 Å². The Balaban J connectivity index is 1.66. The number of fused-ring (bicyclic) bond motifs is 2. The maximum atomic E-state index is 12.9. The molecule has 2 heterocycles. The number of rotatable bonds is 4. The van der Waals surface area contributed by atoms with E-state index in [2.05, 4.69) is 38.8 Å². The van der Waals surface area contributed by atoms with E-state index in [-0.39, 0.29) is 23.5 Å². The standard InChI is InChI=1S/C21H26N4O2/c1-3-17-23-12-14(13-24-17)20(26)25-18-15-6-4-5-7-16(15)21(19(18)27-2)8-10-22-11-9-21/h4-7,12-13,18-19,22H,3,8-11H2,1-2H3,(H,25,26)/t18-,19+/m1/s1. The number of carbonyl (C=O) groups is 1. The number of piperidine rings is 1. The summed E-state index contributed by atoms with van der Waals surface area (Å²) in [5, 5.41) is 6.64. The molecule has 0 bridgehead atoms. The number of benzene rings is 1. The van der Waals surface area contributed by atoms with Crippen LogP contribution in [0, 0.1) is 0 Å². The highest BCUT2D eigenvalue weighted by molar-refractivity contribution is 5.94. The summed E-state index contributed by atoms with van der Waals surface area (Å²) in [6, 6.07) is 8.24. The number of carbonyl (C=O) groups excluding carboxylic acids is 1. The van der Waals surface area contributed by atoms with Crippen molar-refractivity contribution in [1.82, 2.24) is 20.6 Å². The molecule has 0 radical (unpaired) electrons. The average molecular weight is 366 g/mol. The van der Waals surface area contributed by atoms with E-state index in [1.54, 1.807) is 19.5 Å². The number of hydrogen-bond donors (Lipinski definition) is 2. The second-order valence-electron chi connectivity index (χ2n) is 7.34. The third kappa shape index (κ3) is 3.03. The maximum Gasteiger partial charge on any atom is 0.254 e. The van der Waals surface area contributed by atoms with Gasteiger partial charge in [0, 0.05) is 31.3 Å². The first-order valence-corrected chi connectivity index (χ1v) is 9.64. The van der Waals surface area contributed by atoms with Gasteiger partial charge >= 0.3 is 0 Å². The van der Waals surface area contributed by atoms with E-state index < -0.39 is 0 Å². The van der Waals surface area contributed by atoms with Crippen LogP contribution in [-0.4, -0.2) is 42.2 Å². The van der Waals surface area contributed by atoms with Crippen molar-refractivity contribution in [1.29, 1.82) is 0 Å². The molecule has 0 unspecified atom stereocenters. The highest BCUT2D eigenvalue weighted by Crippen LogP contribution is 2.51. The Bertz CT molecular complexity index is 815. The van der Waals surface area contributed by atoms with Crippen LogP contribution in [0.25, 0.3) is 0 Å². The molecule has 4 rings (SSSR count). The minimum atomic E-state index is -0.178. The smallest absolute Gasteiger partial charge is 0.254 e. The van der Waals surface area contributed by atoms with Gasteiger partial charge in [0.2, 0.25) is 0 Å². The predicted molar refractivity (Wildman–Crippen MR) is 103 cm³/mol. The van der Waals surface area contributed by atoms with E-state index in [9.17, 15) is 4.79 Å². The molecule has 1 aromatic heterocycles. The molecule has 1 amide bonds. The van der Waals surface area contributed by atoms with Crippen LogP contribution in [0.15, 0.2) is 36.7 Å². The first-order chi connectivity index (χ1) is 13.2. The summed E-state index contributed by atoms with van der Waals surface area (Å²) in [5.41, 5.74) is 2.88. The third-order valence-electron chi connectivity index (χ3n) is 6.00. The van der Waals surface area contributed by atoms with E-state index in [1.807, 2.05) is 13.0 Å². The van der Waals surface area contributed by atoms with Gasteiger partial charge in [-0.25, -0.2) is 9.97 Å². The number of nitrogens with one attached hydrogen (secondary N) is 2. The molecular formula is C21H26N4O2. The highest BCUT2D eigenvalue weighted by Gasteiger charge is 2.53. The molecule has 0 saturated carbocycles. The van der Waals surface area contributed by atoms with Gasteiger partial charge in [0.15, 0.2) is 0 Å². The van der Waals surface area contributed by atoms with Crippen molar-refractivity contribution in [3.05, 3.63) is 59.2 Å². The van der Waals surface area contributed by atoms with E-state index in [0.717, 1.165) is 43.7 Å². The molecule has 27 heavy (non-hydrogen) atoms. The van der Waals surface area contributed by atoms with E-state index in [0.29, 0.717) is 5.56 Å². The molecule has 1 saturated heterocycles. The molecule has 2 aromatic rings. The molecule has 1 fully saturated rings. The van der Waals surface area contributed by atoms with E-state index in [4.69, 9.17) is 4.74 Å². The molecule has 1 aliphatic heterocycles. The van der Waals surface area contributed by atoms with Gasteiger partial charge in [0.1, 0.15) is 5.82 Å². The fraction of sp³-hybridized carbons (Fsp3) is 0.476. The summed E-state index contributed by atoms with van der Waals surface area (Å²) in [5.74, 6) is 0.576. The monoisotopic (exact) mass is 366 g/mol. The summed E-state index contributed by atoms with van der Waals surface area (Å²) >= 11 is 0. The van der Waals surface area contributed by atoms with Gasteiger partial charge in [0.05, 0.1) is 17.7 Å². The normalized spacial score (nSPS) is 23.2. The van der Waals surface area contributed by atoms with Gasteiger partial charge in [-0.2, -0.15) is 0 Å². The maximum absolute atomic E-state index is 12.9. The van der Waals surface area contributed by atoms with E-state index >= 15 is 0 Å². The highest BCUT2D eigenvalue weighted by atomic mass is 16.5. The summed E-state index contributed by atoms with van der Waals surface area (Å²) in [7, 11) is 1.75. The Hall–Kier alpha value is -2.31. The second kappa shape index (κ2) is 7.37. The number of amides is 1. The number of methoxy groups -OCH3 is 1. The number of aryl methyl sites for hydroxylation is 1. The zero-order valence-corrected chi connectivity index (χ0v) is 15.9. The molecule has 1 spiro atoms. The summed E-state index contributed by atoms with van der Waals surface area (Å²) in [6.07, 6.45) is 5.87. The Morgan fingerprint density at radius 1 is 1.26 bits per heavy atom. The molecule has 142 valence electrons. The summed E-state index contributed by atoms with van der Waals surface area (Å²) in [4.78, 5) is 21.4. The molecule has 1 aliphatic carbocycles. The van der Waals surface area contributed by atoms with Gasteiger partial charge in [-0.3, -0.25) is 4.79 Å². The number of hydrogen-bond acceptors (Lipinski definition) is 5. The van der Waals surface area contributed by atoms with E-state index in [1.165, 1.54) is 5.56 Å². The lowest BCUT2D eigenvalue weighted by atomic mass is 9.72. The Morgan fingerprint density at radius 3 is 2.63 bits per heavy atom. The predicted octanol–water partition coefficient (Wildman–Crippen LogP) is 2.16. The largest absolute Gasteiger partial charge is 0.378 e. The second-order valence-corrected chi connectivity index (χ2v) is 7.34. The Kier molecular flexibility index (Phi) is 4.93. The van der Waals surface area contributed by atoms with Crippen LogP contribution in [0.4, 0.5) is 0 Å². The van der Waals surface area contributed by atoms with Crippen molar-refractivity contribution < 1.29 is 9.53 Å². The molecule has 2 N–H and O–H groups in total. The molecule has 6 heteroatoms. The zero-order chi connectivity index (χ0) is 18.9. The minimum absolute atomic E-state index is 0.0584. The number of ether oxygens (including phenoxy) is 1. The average Bonchev–Trinajstić information content (AvgIpc) is 2.97.